The molecule has 6 nitrogen and oxygen atoms in total. The zero-order valence-corrected chi connectivity index (χ0v) is 9.62. The molecule has 1 amide bonds. The highest BCUT2D eigenvalue weighted by atomic mass is 16.5. The standard InChI is InChI=1S/C10H20N2O4/c1-16-7-3-6-12-9(13)8-11-5-2-4-10(14)15/h11H,2-8H2,1H3,(H,12,13)(H,14,15). The summed E-state index contributed by atoms with van der Waals surface area (Å²) in [5, 5.41) is 14.0. The Morgan fingerprint density at radius 3 is 2.62 bits per heavy atom. The minimum atomic E-state index is -0.814. The Hall–Kier alpha value is -1.14. The Labute approximate surface area is 95.4 Å². The van der Waals surface area contributed by atoms with Crippen LogP contribution >= 0.6 is 0 Å². The van der Waals surface area contributed by atoms with E-state index in [-0.39, 0.29) is 18.9 Å². The fourth-order valence-corrected chi connectivity index (χ4v) is 1.07. The highest BCUT2D eigenvalue weighted by molar-refractivity contribution is 5.77. The summed E-state index contributed by atoms with van der Waals surface area (Å²) in [5.41, 5.74) is 0. The predicted octanol–water partition coefficient (Wildman–Crippen LogP) is -0.406. The van der Waals surface area contributed by atoms with Crippen LogP contribution in [0, 0.1) is 0 Å². The molecule has 0 aromatic carbocycles. The quantitative estimate of drug-likeness (QED) is 0.446. The fraction of sp³-hybridized carbons (Fsp3) is 0.800. The first-order chi connectivity index (χ1) is 7.66. The predicted molar refractivity (Wildman–Crippen MR) is 59.2 cm³/mol. The van der Waals surface area contributed by atoms with Crippen LogP contribution in [0.4, 0.5) is 0 Å². The number of carbonyl (C=O) groups is 2. The molecule has 0 aromatic heterocycles. The van der Waals surface area contributed by atoms with Gasteiger partial charge in [0.2, 0.25) is 5.91 Å². The maximum absolute atomic E-state index is 11.2. The van der Waals surface area contributed by atoms with E-state index in [9.17, 15) is 9.59 Å². The van der Waals surface area contributed by atoms with Gasteiger partial charge < -0.3 is 20.5 Å². The van der Waals surface area contributed by atoms with E-state index in [0.29, 0.717) is 26.1 Å². The van der Waals surface area contributed by atoms with Gasteiger partial charge in [0, 0.05) is 26.7 Å². The van der Waals surface area contributed by atoms with Crippen LogP contribution in [0.5, 0.6) is 0 Å². The summed E-state index contributed by atoms with van der Waals surface area (Å²) in [6, 6.07) is 0. The van der Waals surface area contributed by atoms with Gasteiger partial charge in [0.05, 0.1) is 6.54 Å². The van der Waals surface area contributed by atoms with Gasteiger partial charge in [0.25, 0.3) is 0 Å². The van der Waals surface area contributed by atoms with Crippen LogP contribution in [0.25, 0.3) is 0 Å². The van der Waals surface area contributed by atoms with Crippen LogP contribution in [0.2, 0.25) is 0 Å². The van der Waals surface area contributed by atoms with Crippen LogP contribution in [0.1, 0.15) is 19.3 Å². The van der Waals surface area contributed by atoms with Crippen molar-refractivity contribution in [2.45, 2.75) is 19.3 Å². The van der Waals surface area contributed by atoms with Crippen molar-refractivity contribution in [1.82, 2.24) is 10.6 Å². The van der Waals surface area contributed by atoms with Crippen molar-refractivity contribution < 1.29 is 19.4 Å². The summed E-state index contributed by atoms with van der Waals surface area (Å²) in [7, 11) is 1.62. The lowest BCUT2D eigenvalue weighted by atomic mass is 10.3. The minimum absolute atomic E-state index is 0.0774. The summed E-state index contributed by atoms with van der Waals surface area (Å²) in [5.74, 6) is -0.891. The maximum Gasteiger partial charge on any atom is 0.303 e. The molecular weight excluding hydrogens is 212 g/mol. The molecule has 0 spiro atoms. The molecule has 0 aliphatic rings. The third kappa shape index (κ3) is 10.9. The number of methoxy groups -OCH3 is 1. The Morgan fingerprint density at radius 1 is 1.25 bits per heavy atom. The van der Waals surface area contributed by atoms with Crippen molar-refractivity contribution in [3.8, 4) is 0 Å². The highest BCUT2D eigenvalue weighted by Gasteiger charge is 2.00. The van der Waals surface area contributed by atoms with Gasteiger partial charge in [-0.05, 0) is 19.4 Å². The lowest BCUT2D eigenvalue weighted by molar-refractivity contribution is -0.137. The van der Waals surface area contributed by atoms with Gasteiger partial charge in [-0.25, -0.2) is 0 Å². The van der Waals surface area contributed by atoms with Crippen molar-refractivity contribution in [2.75, 3.05) is 33.4 Å². The maximum atomic E-state index is 11.2. The van der Waals surface area contributed by atoms with E-state index in [0.717, 1.165) is 6.42 Å². The average molecular weight is 232 g/mol. The van der Waals surface area contributed by atoms with Crippen LogP contribution < -0.4 is 10.6 Å². The van der Waals surface area contributed by atoms with Gasteiger partial charge in [0.15, 0.2) is 0 Å². The van der Waals surface area contributed by atoms with E-state index < -0.39 is 5.97 Å². The zero-order valence-electron chi connectivity index (χ0n) is 9.62. The number of aliphatic carboxylic acids is 1. The van der Waals surface area contributed by atoms with Gasteiger partial charge in [-0.1, -0.05) is 0 Å². The minimum Gasteiger partial charge on any atom is -0.481 e. The molecule has 0 unspecified atom stereocenters. The summed E-state index contributed by atoms with van der Waals surface area (Å²) in [6.07, 6.45) is 1.45. The molecule has 0 bridgehead atoms. The Morgan fingerprint density at radius 2 is 2.00 bits per heavy atom. The fourth-order valence-electron chi connectivity index (χ4n) is 1.07. The third-order valence-electron chi connectivity index (χ3n) is 1.88. The summed E-state index contributed by atoms with van der Waals surface area (Å²) in [4.78, 5) is 21.4. The first-order valence-corrected chi connectivity index (χ1v) is 5.35. The van der Waals surface area contributed by atoms with E-state index in [1.54, 1.807) is 7.11 Å². The van der Waals surface area contributed by atoms with Gasteiger partial charge in [-0.3, -0.25) is 9.59 Å². The molecule has 0 fully saturated rings. The van der Waals surface area contributed by atoms with Crippen molar-refractivity contribution in [3.63, 3.8) is 0 Å². The van der Waals surface area contributed by atoms with E-state index >= 15 is 0 Å². The SMILES string of the molecule is COCCCNC(=O)CNCCCC(=O)O. The molecule has 0 saturated heterocycles. The van der Waals surface area contributed by atoms with Gasteiger partial charge in [-0.15, -0.1) is 0 Å². The summed E-state index contributed by atoms with van der Waals surface area (Å²) < 4.78 is 4.84. The zero-order chi connectivity index (χ0) is 12.2. The molecule has 0 aliphatic carbocycles. The van der Waals surface area contributed by atoms with Gasteiger partial charge >= 0.3 is 5.97 Å². The molecular formula is C10H20N2O4. The van der Waals surface area contributed by atoms with Crippen LogP contribution in [0.15, 0.2) is 0 Å². The largest absolute Gasteiger partial charge is 0.481 e. The second kappa shape index (κ2) is 10.4. The van der Waals surface area contributed by atoms with Gasteiger partial charge in [-0.2, -0.15) is 0 Å². The monoisotopic (exact) mass is 232 g/mol. The second-order valence-electron chi connectivity index (χ2n) is 3.37. The van der Waals surface area contributed by atoms with E-state index in [4.69, 9.17) is 9.84 Å². The highest BCUT2D eigenvalue weighted by Crippen LogP contribution is 1.85. The number of nitrogens with one attached hydrogen (secondary N) is 2. The number of carboxylic acids is 1. The smallest absolute Gasteiger partial charge is 0.303 e. The molecule has 0 rings (SSSR count). The Kier molecular flexibility index (Phi) is 9.64. The molecule has 0 radical (unpaired) electrons. The average Bonchev–Trinajstić information content (AvgIpc) is 2.23. The summed E-state index contributed by atoms with van der Waals surface area (Å²) >= 11 is 0. The lowest BCUT2D eigenvalue weighted by Gasteiger charge is -2.05. The number of hydrogen-bond donors (Lipinski definition) is 3. The molecule has 0 aromatic rings. The number of hydrogen-bond acceptors (Lipinski definition) is 4. The molecule has 0 aliphatic heterocycles. The number of carbonyl (C=O) groups excluding carboxylic acids is 1. The molecule has 0 atom stereocenters. The molecule has 6 heteroatoms. The topological polar surface area (TPSA) is 87.7 Å². The van der Waals surface area contributed by atoms with Crippen molar-refractivity contribution in [1.29, 1.82) is 0 Å². The number of rotatable bonds is 10. The van der Waals surface area contributed by atoms with Crippen LogP contribution in [0.3, 0.4) is 0 Å². The lowest BCUT2D eigenvalue weighted by Crippen LogP contribution is -2.35. The Balaban J connectivity index is 3.20. The van der Waals surface area contributed by atoms with Crippen LogP contribution in [-0.2, 0) is 14.3 Å². The molecule has 0 saturated carbocycles. The third-order valence-corrected chi connectivity index (χ3v) is 1.88. The number of amides is 1. The number of ether oxygens (including phenoxy) is 1. The number of carboxylic acid groups (broad SMARTS) is 1. The Bertz CT molecular complexity index is 209. The van der Waals surface area contributed by atoms with Crippen molar-refractivity contribution in [2.24, 2.45) is 0 Å². The molecule has 0 heterocycles. The van der Waals surface area contributed by atoms with E-state index in [1.165, 1.54) is 0 Å². The normalized spacial score (nSPS) is 10.1. The van der Waals surface area contributed by atoms with E-state index in [1.807, 2.05) is 0 Å². The molecule has 16 heavy (non-hydrogen) atoms. The first kappa shape index (κ1) is 14.9. The van der Waals surface area contributed by atoms with Crippen molar-refractivity contribution in [3.05, 3.63) is 0 Å². The van der Waals surface area contributed by atoms with Gasteiger partial charge in [0.1, 0.15) is 0 Å². The first-order valence-electron chi connectivity index (χ1n) is 5.35. The summed E-state index contributed by atoms with van der Waals surface area (Å²) in [6.45, 7) is 2.00. The van der Waals surface area contributed by atoms with Crippen LogP contribution in [-0.4, -0.2) is 50.3 Å². The second-order valence-corrected chi connectivity index (χ2v) is 3.37. The molecule has 94 valence electrons. The van der Waals surface area contributed by atoms with Crippen molar-refractivity contribution >= 4 is 11.9 Å². The van der Waals surface area contributed by atoms with E-state index in [2.05, 4.69) is 10.6 Å². The molecule has 3 N–H and O–H groups in total.